The summed E-state index contributed by atoms with van der Waals surface area (Å²) >= 11 is 0. The highest BCUT2D eigenvalue weighted by atomic mass is 16.5. The number of rotatable bonds is 3. The van der Waals surface area contributed by atoms with Gasteiger partial charge in [-0.1, -0.05) is 12.8 Å². The van der Waals surface area contributed by atoms with E-state index in [4.69, 9.17) is 4.74 Å². The molecule has 1 N–H and O–H groups in total. The number of nitrogens with zero attached hydrogens (tertiary/aromatic N) is 4. The number of aromatic nitrogens is 2. The van der Waals surface area contributed by atoms with Gasteiger partial charge in [-0.05, 0) is 19.3 Å². The monoisotopic (exact) mass is 306 g/mol. The summed E-state index contributed by atoms with van der Waals surface area (Å²) in [5, 5.41) is 10.3. The molecule has 2 atom stereocenters. The maximum absolute atomic E-state index is 10.3. The third-order valence-corrected chi connectivity index (χ3v) is 4.80. The zero-order chi connectivity index (χ0) is 15.4. The summed E-state index contributed by atoms with van der Waals surface area (Å²) in [6.07, 6.45) is 7.13. The minimum atomic E-state index is -0.159. The van der Waals surface area contributed by atoms with Gasteiger partial charge in [0.25, 0.3) is 0 Å². The molecule has 0 amide bonds. The number of ether oxygens (including phenoxy) is 1. The third-order valence-electron chi connectivity index (χ3n) is 4.80. The van der Waals surface area contributed by atoms with Crippen LogP contribution in [0.1, 0.15) is 32.1 Å². The summed E-state index contributed by atoms with van der Waals surface area (Å²) in [5.41, 5.74) is 0. The molecule has 3 rings (SSSR count). The molecular weight excluding hydrogens is 280 g/mol. The summed E-state index contributed by atoms with van der Waals surface area (Å²) in [6, 6.07) is 2.10. The Hall–Kier alpha value is -1.40. The summed E-state index contributed by atoms with van der Waals surface area (Å²) < 4.78 is 5.19. The number of hydrogen-bond acceptors (Lipinski definition) is 6. The molecule has 1 aliphatic carbocycles. The Morgan fingerprint density at radius 3 is 2.82 bits per heavy atom. The molecule has 122 valence electrons. The molecule has 0 aromatic carbocycles. The van der Waals surface area contributed by atoms with E-state index in [2.05, 4.69) is 19.8 Å². The first-order valence-electron chi connectivity index (χ1n) is 8.32. The lowest BCUT2D eigenvalue weighted by atomic mass is 9.91. The van der Waals surface area contributed by atoms with Crippen molar-refractivity contribution in [2.24, 2.45) is 0 Å². The van der Waals surface area contributed by atoms with Gasteiger partial charge in [0.15, 0.2) is 0 Å². The van der Waals surface area contributed by atoms with Crippen molar-refractivity contribution in [2.45, 2.75) is 44.2 Å². The van der Waals surface area contributed by atoms with Crippen molar-refractivity contribution in [3.63, 3.8) is 0 Å². The van der Waals surface area contributed by atoms with Crippen molar-refractivity contribution in [1.29, 1.82) is 0 Å². The fraction of sp³-hybridized carbons (Fsp3) is 0.750. The first kappa shape index (κ1) is 15.5. The molecule has 6 heteroatoms. The Morgan fingerprint density at radius 2 is 2.00 bits per heavy atom. The van der Waals surface area contributed by atoms with Gasteiger partial charge in [0.2, 0.25) is 11.8 Å². The van der Waals surface area contributed by atoms with Crippen LogP contribution in [0.4, 0.5) is 5.95 Å². The van der Waals surface area contributed by atoms with Crippen LogP contribution in [0.5, 0.6) is 5.88 Å². The molecule has 6 nitrogen and oxygen atoms in total. The van der Waals surface area contributed by atoms with Crippen LogP contribution in [0.25, 0.3) is 0 Å². The number of hydrogen-bond donors (Lipinski definition) is 1. The maximum atomic E-state index is 10.3. The number of aliphatic hydroxyl groups is 1. The lowest BCUT2D eigenvalue weighted by Crippen LogP contribution is -2.47. The van der Waals surface area contributed by atoms with E-state index in [9.17, 15) is 5.11 Å². The highest BCUT2D eigenvalue weighted by molar-refractivity contribution is 5.32. The highest BCUT2D eigenvalue weighted by Gasteiger charge is 2.30. The Kier molecular flexibility index (Phi) is 5.10. The summed E-state index contributed by atoms with van der Waals surface area (Å²) in [5.74, 6) is 1.35. The van der Waals surface area contributed by atoms with Crippen LogP contribution in [0.3, 0.4) is 0 Å². The predicted molar refractivity (Wildman–Crippen MR) is 85.2 cm³/mol. The van der Waals surface area contributed by atoms with E-state index in [-0.39, 0.29) is 6.10 Å². The zero-order valence-corrected chi connectivity index (χ0v) is 13.3. The van der Waals surface area contributed by atoms with E-state index in [1.807, 2.05) is 0 Å². The third kappa shape index (κ3) is 3.50. The van der Waals surface area contributed by atoms with Gasteiger partial charge in [0, 0.05) is 44.5 Å². The molecule has 0 spiro atoms. The molecule has 1 saturated heterocycles. The molecule has 2 aliphatic rings. The quantitative estimate of drug-likeness (QED) is 0.908. The predicted octanol–water partition coefficient (Wildman–Crippen LogP) is 1.30. The Balaban J connectivity index is 1.64. The molecule has 2 unspecified atom stereocenters. The number of anilines is 1. The van der Waals surface area contributed by atoms with Gasteiger partial charge in [-0.2, -0.15) is 4.98 Å². The van der Waals surface area contributed by atoms with E-state index >= 15 is 0 Å². The first-order valence-corrected chi connectivity index (χ1v) is 8.32. The maximum Gasteiger partial charge on any atom is 0.228 e. The van der Waals surface area contributed by atoms with E-state index in [1.165, 1.54) is 6.42 Å². The molecule has 1 aliphatic heterocycles. The van der Waals surface area contributed by atoms with Crippen LogP contribution in [0, 0.1) is 0 Å². The summed E-state index contributed by atoms with van der Waals surface area (Å²) in [6.45, 7) is 3.85. The minimum Gasteiger partial charge on any atom is -0.481 e. The normalized spacial score (nSPS) is 27.5. The lowest BCUT2D eigenvalue weighted by molar-refractivity contribution is 0.0230. The van der Waals surface area contributed by atoms with Crippen molar-refractivity contribution in [2.75, 3.05) is 38.2 Å². The first-order chi connectivity index (χ1) is 10.8. The van der Waals surface area contributed by atoms with Crippen LogP contribution in [0.2, 0.25) is 0 Å². The van der Waals surface area contributed by atoms with E-state index in [0.29, 0.717) is 11.9 Å². The second kappa shape index (κ2) is 7.24. The van der Waals surface area contributed by atoms with Gasteiger partial charge >= 0.3 is 0 Å². The van der Waals surface area contributed by atoms with Crippen molar-refractivity contribution < 1.29 is 9.84 Å². The van der Waals surface area contributed by atoms with E-state index < -0.39 is 0 Å². The molecule has 0 radical (unpaired) electrons. The van der Waals surface area contributed by atoms with Crippen LogP contribution in [0.15, 0.2) is 12.3 Å². The average Bonchev–Trinajstić information content (AvgIpc) is 2.81. The van der Waals surface area contributed by atoms with Crippen LogP contribution < -0.4 is 9.64 Å². The molecule has 2 fully saturated rings. The molecule has 2 heterocycles. The fourth-order valence-electron chi connectivity index (χ4n) is 3.59. The molecule has 1 saturated carbocycles. The van der Waals surface area contributed by atoms with Gasteiger partial charge < -0.3 is 14.7 Å². The second-order valence-electron chi connectivity index (χ2n) is 6.19. The Bertz CT molecular complexity index is 485. The standard InChI is InChI=1S/C16H26N4O2/c1-22-15-7-8-17-16(18-15)20-10-4-9-19(11-12-20)13-5-2-3-6-14(13)21/h7-8,13-14,21H,2-6,9-12H2,1H3. The largest absolute Gasteiger partial charge is 0.481 e. The SMILES string of the molecule is COc1ccnc(N2CCCN(C3CCCCC3O)CC2)n1. The zero-order valence-electron chi connectivity index (χ0n) is 13.3. The summed E-state index contributed by atoms with van der Waals surface area (Å²) in [4.78, 5) is 13.5. The number of aliphatic hydroxyl groups excluding tert-OH is 1. The fourth-order valence-corrected chi connectivity index (χ4v) is 3.59. The van der Waals surface area contributed by atoms with E-state index in [0.717, 1.165) is 57.8 Å². The molecular formula is C16H26N4O2. The molecule has 1 aromatic heterocycles. The second-order valence-corrected chi connectivity index (χ2v) is 6.19. The van der Waals surface area contributed by atoms with Gasteiger partial charge in [-0.3, -0.25) is 4.90 Å². The average molecular weight is 306 g/mol. The minimum absolute atomic E-state index is 0.159. The van der Waals surface area contributed by atoms with Gasteiger partial charge in [0.05, 0.1) is 13.2 Å². The van der Waals surface area contributed by atoms with Gasteiger partial charge in [-0.15, -0.1) is 0 Å². The van der Waals surface area contributed by atoms with E-state index in [1.54, 1.807) is 19.4 Å². The van der Waals surface area contributed by atoms with Crippen molar-refractivity contribution in [3.05, 3.63) is 12.3 Å². The topological polar surface area (TPSA) is 61.7 Å². The summed E-state index contributed by atoms with van der Waals surface area (Å²) in [7, 11) is 1.63. The smallest absolute Gasteiger partial charge is 0.228 e. The highest BCUT2D eigenvalue weighted by Crippen LogP contribution is 2.24. The van der Waals surface area contributed by atoms with Crippen LogP contribution in [-0.4, -0.2) is 65.4 Å². The number of methoxy groups -OCH3 is 1. The van der Waals surface area contributed by atoms with Crippen LogP contribution >= 0.6 is 0 Å². The molecule has 22 heavy (non-hydrogen) atoms. The van der Waals surface area contributed by atoms with Crippen LogP contribution in [-0.2, 0) is 0 Å². The molecule has 0 bridgehead atoms. The van der Waals surface area contributed by atoms with Crippen molar-refractivity contribution in [1.82, 2.24) is 14.9 Å². The van der Waals surface area contributed by atoms with Gasteiger partial charge in [0.1, 0.15) is 0 Å². The van der Waals surface area contributed by atoms with Gasteiger partial charge in [-0.25, -0.2) is 4.98 Å². The van der Waals surface area contributed by atoms with Crippen molar-refractivity contribution >= 4 is 5.95 Å². The Morgan fingerprint density at radius 1 is 1.14 bits per heavy atom. The molecule has 1 aromatic rings. The lowest BCUT2D eigenvalue weighted by Gasteiger charge is -2.37. The Labute approximate surface area is 132 Å². The van der Waals surface area contributed by atoms with Crippen molar-refractivity contribution in [3.8, 4) is 5.88 Å².